The minimum atomic E-state index is -0.949. The van der Waals surface area contributed by atoms with E-state index in [1.807, 2.05) is 30.1 Å². The second-order valence-corrected chi connectivity index (χ2v) is 4.71. The predicted molar refractivity (Wildman–Crippen MR) is 76.1 cm³/mol. The Morgan fingerprint density at radius 1 is 1.45 bits per heavy atom. The van der Waals surface area contributed by atoms with E-state index in [4.69, 9.17) is 0 Å². The number of carboxylic acid groups (broad SMARTS) is 1. The molecule has 6 nitrogen and oxygen atoms in total. The highest BCUT2D eigenvalue weighted by Crippen LogP contribution is 2.22. The molecule has 6 heteroatoms. The van der Waals surface area contributed by atoms with Crippen LogP contribution in [-0.2, 0) is 13.5 Å². The lowest BCUT2D eigenvalue weighted by molar-refractivity contribution is 0.0696. The average molecular weight is 274 g/mol. The van der Waals surface area contributed by atoms with Crippen LogP contribution in [0.25, 0.3) is 0 Å². The molecule has 0 fully saturated rings. The van der Waals surface area contributed by atoms with Crippen molar-refractivity contribution in [2.75, 3.05) is 18.5 Å². The third-order valence-corrected chi connectivity index (χ3v) is 3.20. The zero-order chi connectivity index (χ0) is 14.7. The molecule has 0 spiro atoms. The van der Waals surface area contributed by atoms with Crippen LogP contribution in [0, 0.1) is 6.92 Å². The molecular formula is C14H18N4O2. The van der Waals surface area contributed by atoms with Gasteiger partial charge >= 0.3 is 5.97 Å². The molecule has 0 radical (unpaired) electrons. The van der Waals surface area contributed by atoms with Crippen LogP contribution in [0.5, 0.6) is 0 Å². The Morgan fingerprint density at radius 2 is 2.20 bits per heavy atom. The molecule has 0 saturated heterocycles. The highest BCUT2D eigenvalue weighted by molar-refractivity contribution is 5.94. The van der Waals surface area contributed by atoms with E-state index in [-0.39, 0.29) is 5.56 Å². The molecule has 2 rings (SSSR count). The number of aromatic nitrogens is 3. The topological polar surface area (TPSA) is 71.2 Å². The molecule has 0 aliphatic rings. The van der Waals surface area contributed by atoms with Gasteiger partial charge in [0.2, 0.25) is 0 Å². The summed E-state index contributed by atoms with van der Waals surface area (Å²) in [6.45, 7) is 2.38. The van der Waals surface area contributed by atoms with E-state index in [0.29, 0.717) is 18.1 Å². The second-order valence-electron chi connectivity index (χ2n) is 4.71. The normalized spacial score (nSPS) is 10.6. The molecule has 0 amide bonds. The van der Waals surface area contributed by atoms with Crippen molar-refractivity contribution in [3.05, 3.63) is 41.3 Å². The summed E-state index contributed by atoms with van der Waals surface area (Å²) >= 11 is 0. The van der Waals surface area contributed by atoms with Crippen molar-refractivity contribution in [3.8, 4) is 0 Å². The van der Waals surface area contributed by atoms with Crippen LogP contribution in [0.1, 0.15) is 21.7 Å². The molecule has 1 N–H and O–H groups in total. The summed E-state index contributed by atoms with van der Waals surface area (Å²) in [5.74, 6) is -0.332. The van der Waals surface area contributed by atoms with Gasteiger partial charge in [-0.1, -0.05) is 6.07 Å². The van der Waals surface area contributed by atoms with E-state index < -0.39 is 5.97 Å². The van der Waals surface area contributed by atoms with Crippen molar-refractivity contribution in [1.29, 1.82) is 0 Å². The summed E-state index contributed by atoms with van der Waals surface area (Å²) < 4.78 is 1.61. The first-order valence-corrected chi connectivity index (χ1v) is 6.38. The Balaban J connectivity index is 2.17. The summed E-state index contributed by atoms with van der Waals surface area (Å²) in [6, 6.07) is 5.78. The quantitative estimate of drug-likeness (QED) is 0.894. The van der Waals surface area contributed by atoms with Crippen LogP contribution >= 0.6 is 0 Å². The van der Waals surface area contributed by atoms with Gasteiger partial charge in [0, 0.05) is 39.0 Å². The van der Waals surface area contributed by atoms with Crippen LogP contribution < -0.4 is 4.90 Å². The Hall–Kier alpha value is -2.37. The number of carboxylic acids is 1. The van der Waals surface area contributed by atoms with Crippen molar-refractivity contribution >= 4 is 11.8 Å². The third-order valence-electron chi connectivity index (χ3n) is 3.20. The third kappa shape index (κ3) is 2.79. The summed E-state index contributed by atoms with van der Waals surface area (Å²) in [6.07, 6.45) is 2.51. The summed E-state index contributed by atoms with van der Waals surface area (Å²) in [4.78, 5) is 17.5. The molecule has 0 saturated carbocycles. The molecule has 0 atom stereocenters. The Kier molecular flexibility index (Phi) is 4.02. The van der Waals surface area contributed by atoms with Crippen LogP contribution in [0.2, 0.25) is 0 Å². The van der Waals surface area contributed by atoms with Crippen molar-refractivity contribution in [1.82, 2.24) is 14.8 Å². The molecular weight excluding hydrogens is 256 g/mol. The second kappa shape index (κ2) is 5.73. The maximum absolute atomic E-state index is 11.3. The lowest BCUT2D eigenvalue weighted by Gasteiger charge is -2.19. The maximum atomic E-state index is 11.3. The molecule has 0 aliphatic heterocycles. The number of aromatic carboxylic acids is 1. The first-order chi connectivity index (χ1) is 9.50. The van der Waals surface area contributed by atoms with Gasteiger partial charge in [-0.25, -0.2) is 4.79 Å². The monoisotopic (exact) mass is 274 g/mol. The zero-order valence-corrected chi connectivity index (χ0v) is 11.9. The molecule has 0 unspecified atom stereocenters. The maximum Gasteiger partial charge on any atom is 0.341 e. The number of carbonyl (C=O) groups is 1. The molecule has 106 valence electrons. The lowest BCUT2D eigenvalue weighted by atomic mass is 10.2. The first kappa shape index (κ1) is 14.0. The highest BCUT2D eigenvalue weighted by Gasteiger charge is 2.22. The number of hydrogen-bond acceptors (Lipinski definition) is 4. The minimum absolute atomic E-state index is 0.260. The molecule has 2 heterocycles. The fraction of sp³-hybridized carbons (Fsp3) is 0.357. The van der Waals surface area contributed by atoms with Crippen molar-refractivity contribution in [3.63, 3.8) is 0 Å². The summed E-state index contributed by atoms with van der Waals surface area (Å²) in [5, 5.41) is 13.5. The first-order valence-electron chi connectivity index (χ1n) is 6.38. The van der Waals surface area contributed by atoms with Gasteiger partial charge in [0.15, 0.2) is 0 Å². The van der Waals surface area contributed by atoms with Gasteiger partial charge in [-0.2, -0.15) is 5.10 Å². The van der Waals surface area contributed by atoms with E-state index >= 15 is 0 Å². The summed E-state index contributed by atoms with van der Waals surface area (Å²) in [7, 11) is 3.62. The van der Waals surface area contributed by atoms with E-state index in [1.54, 1.807) is 24.9 Å². The van der Waals surface area contributed by atoms with E-state index in [2.05, 4.69) is 10.1 Å². The van der Waals surface area contributed by atoms with Gasteiger partial charge in [-0.15, -0.1) is 0 Å². The molecule has 0 bridgehead atoms. The molecule has 0 aliphatic carbocycles. The summed E-state index contributed by atoms with van der Waals surface area (Å²) in [5.41, 5.74) is 1.77. The number of pyridine rings is 1. The predicted octanol–water partition coefficient (Wildman–Crippen LogP) is 1.50. The molecule has 2 aromatic rings. The lowest BCUT2D eigenvalue weighted by Crippen LogP contribution is -2.25. The van der Waals surface area contributed by atoms with Gasteiger partial charge in [-0.3, -0.25) is 9.67 Å². The Bertz CT molecular complexity index is 607. The molecule has 20 heavy (non-hydrogen) atoms. The number of likely N-dealkylation sites (N-methyl/N-ethyl adjacent to an activating group) is 1. The van der Waals surface area contributed by atoms with E-state index in [9.17, 15) is 9.90 Å². The highest BCUT2D eigenvalue weighted by atomic mass is 16.4. The fourth-order valence-corrected chi connectivity index (χ4v) is 2.27. The minimum Gasteiger partial charge on any atom is -0.477 e. The van der Waals surface area contributed by atoms with Gasteiger partial charge < -0.3 is 10.0 Å². The standard InChI is InChI=1S/C14H18N4O2/c1-10-12(14(19)20)13(18(3)16-10)17(2)9-7-11-6-4-5-8-15-11/h4-6,8H,7,9H2,1-3H3,(H,19,20). The van der Waals surface area contributed by atoms with Crippen molar-refractivity contribution < 1.29 is 9.90 Å². The average Bonchev–Trinajstić information content (AvgIpc) is 2.72. The Morgan fingerprint density at radius 3 is 2.80 bits per heavy atom. The van der Waals surface area contributed by atoms with Crippen molar-refractivity contribution in [2.24, 2.45) is 7.05 Å². The van der Waals surface area contributed by atoms with Gasteiger partial charge in [-0.05, 0) is 19.1 Å². The van der Waals surface area contributed by atoms with Crippen LogP contribution in [-0.4, -0.2) is 39.4 Å². The SMILES string of the molecule is Cc1nn(C)c(N(C)CCc2ccccn2)c1C(=O)O. The molecule has 0 aromatic carbocycles. The number of aryl methyl sites for hydroxylation is 2. The van der Waals surface area contributed by atoms with Gasteiger partial charge in [0.1, 0.15) is 11.4 Å². The number of hydrogen-bond donors (Lipinski definition) is 1. The van der Waals surface area contributed by atoms with Crippen LogP contribution in [0.4, 0.5) is 5.82 Å². The van der Waals surface area contributed by atoms with E-state index in [1.165, 1.54) is 0 Å². The number of nitrogens with zero attached hydrogens (tertiary/aromatic N) is 4. The van der Waals surface area contributed by atoms with Gasteiger partial charge in [0.25, 0.3) is 0 Å². The smallest absolute Gasteiger partial charge is 0.341 e. The van der Waals surface area contributed by atoms with Crippen molar-refractivity contribution in [2.45, 2.75) is 13.3 Å². The van der Waals surface area contributed by atoms with Gasteiger partial charge in [0.05, 0.1) is 5.69 Å². The zero-order valence-electron chi connectivity index (χ0n) is 11.9. The number of anilines is 1. The van der Waals surface area contributed by atoms with E-state index in [0.717, 1.165) is 12.1 Å². The number of rotatable bonds is 5. The fourth-order valence-electron chi connectivity index (χ4n) is 2.27. The molecule has 2 aromatic heterocycles. The Labute approximate surface area is 117 Å². The largest absolute Gasteiger partial charge is 0.477 e. The van der Waals surface area contributed by atoms with Crippen LogP contribution in [0.3, 0.4) is 0 Å². The van der Waals surface area contributed by atoms with Crippen LogP contribution in [0.15, 0.2) is 24.4 Å².